The van der Waals surface area contributed by atoms with Crippen molar-refractivity contribution in [1.29, 1.82) is 0 Å². The summed E-state index contributed by atoms with van der Waals surface area (Å²) in [6, 6.07) is 13.8. The number of hydrogen-bond donors (Lipinski definition) is 0. The molecular formula is C17H17N3O2S2. The molecule has 124 valence electrons. The van der Waals surface area contributed by atoms with Gasteiger partial charge in [0.15, 0.2) is 0 Å². The average Bonchev–Trinajstić information content (AvgIpc) is 3.26. The molecule has 0 aliphatic heterocycles. The van der Waals surface area contributed by atoms with Gasteiger partial charge < -0.3 is 9.32 Å². The van der Waals surface area contributed by atoms with Gasteiger partial charge in [0.05, 0.1) is 10.1 Å². The molecule has 3 rings (SSSR count). The standard InChI is InChI=1S/C17H17N3O2S2/c1-12(16(21)20(2)11-13-7-4-3-5-8-13)24-17-19-18-15(22-17)14-9-6-10-23-14/h3-10,12H,11H2,1-2H3. The van der Waals surface area contributed by atoms with E-state index >= 15 is 0 Å². The number of amides is 1. The van der Waals surface area contributed by atoms with Crippen LogP contribution in [0.4, 0.5) is 0 Å². The first-order valence-electron chi connectivity index (χ1n) is 7.46. The van der Waals surface area contributed by atoms with Gasteiger partial charge in [0.2, 0.25) is 5.91 Å². The van der Waals surface area contributed by atoms with Crippen LogP contribution in [0.25, 0.3) is 10.8 Å². The molecule has 0 bridgehead atoms. The highest BCUT2D eigenvalue weighted by atomic mass is 32.2. The molecule has 0 radical (unpaired) electrons. The summed E-state index contributed by atoms with van der Waals surface area (Å²) in [4.78, 5) is 15.1. The van der Waals surface area contributed by atoms with Gasteiger partial charge in [-0.15, -0.1) is 21.5 Å². The molecule has 0 aliphatic rings. The summed E-state index contributed by atoms with van der Waals surface area (Å²) < 4.78 is 5.63. The smallest absolute Gasteiger partial charge is 0.277 e. The zero-order valence-corrected chi connectivity index (χ0v) is 15.0. The molecule has 5 nitrogen and oxygen atoms in total. The lowest BCUT2D eigenvalue weighted by molar-refractivity contribution is -0.129. The largest absolute Gasteiger partial charge is 0.410 e. The summed E-state index contributed by atoms with van der Waals surface area (Å²) in [6.07, 6.45) is 0. The fraction of sp³-hybridized carbons (Fsp3) is 0.235. The fourth-order valence-electron chi connectivity index (χ4n) is 2.20. The molecule has 24 heavy (non-hydrogen) atoms. The van der Waals surface area contributed by atoms with Gasteiger partial charge >= 0.3 is 0 Å². The van der Waals surface area contributed by atoms with E-state index in [0.717, 1.165) is 10.4 Å². The van der Waals surface area contributed by atoms with Crippen LogP contribution in [0, 0.1) is 0 Å². The van der Waals surface area contributed by atoms with Crippen molar-refractivity contribution in [2.24, 2.45) is 0 Å². The first-order valence-corrected chi connectivity index (χ1v) is 9.22. The van der Waals surface area contributed by atoms with Crippen molar-refractivity contribution in [3.8, 4) is 10.8 Å². The maximum Gasteiger partial charge on any atom is 0.277 e. The Labute approximate surface area is 148 Å². The monoisotopic (exact) mass is 359 g/mol. The fourth-order valence-corrected chi connectivity index (χ4v) is 3.65. The minimum absolute atomic E-state index is 0.0275. The van der Waals surface area contributed by atoms with E-state index in [0.29, 0.717) is 17.7 Å². The predicted molar refractivity (Wildman–Crippen MR) is 95.8 cm³/mol. The molecule has 0 spiro atoms. The highest BCUT2D eigenvalue weighted by molar-refractivity contribution is 8.00. The number of rotatable bonds is 6. The Morgan fingerprint density at radius 2 is 2.04 bits per heavy atom. The topological polar surface area (TPSA) is 59.2 Å². The van der Waals surface area contributed by atoms with Crippen LogP contribution >= 0.6 is 23.1 Å². The van der Waals surface area contributed by atoms with Crippen LogP contribution in [-0.4, -0.2) is 33.3 Å². The Morgan fingerprint density at radius 3 is 2.75 bits per heavy atom. The molecule has 1 aromatic carbocycles. The Balaban J connectivity index is 1.60. The van der Waals surface area contributed by atoms with Gasteiger partial charge in [0.25, 0.3) is 11.1 Å². The minimum atomic E-state index is -0.296. The molecule has 0 aliphatic carbocycles. The van der Waals surface area contributed by atoms with E-state index in [1.807, 2.05) is 54.8 Å². The summed E-state index contributed by atoms with van der Waals surface area (Å²) >= 11 is 2.82. The van der Waals surface area contributed by atoms with Crippen molar-refractivity contribution in [2.75, 3.05) is 7.05 Å². The summed E-state index contributed by atoms with van der Waals surface area (Å²) in [7, 11) is 1.80. The van der Waals surface area contributed by atoms with Crippen LogP contribution in [0.3, 0.4) is 0 Å². The lowest BCUT2D eigenvalue weighted by atomic mass is 10.2. The SMILES string of the molecule is CC(Sc1nnc(-c2cccs2)o1)C(=O)N(C)Cc1ccccc1. The molecule has 0 saturated carbocycles. The number of hydrogen-bond acceptors (Lipinski definition) is 6. The zero-order chi connectivity index (χ0) is 16.9. The number of thioether (sulfide) groups is 1. The van der Waals surface area contributed by atoms with Crippen molar-refractivity contribution in [3.63, 3.8) is 0 Å². The van der Waals surface area contributed by atoms with Gasteiger partial charge in [-0.05, 0) is 23.9 Å². The minimum Gasteiger partial charge on any atom is -0.410 e. The van der Waals surface area contributed by atoms with Crippen LogP contribution in [0.1, 0.15) is 12.5 Å². The van der Waals surface area contributed by atoms with Gasteiger partial charge in [0, 0.05) is 13.6 Å². The summed E-state index contributed by atoms with van der Waals surface area (Å²) in [5.41, 5.74) is 1.10. The molecule has 3 aromatic rings. The molecule has 7 heteroatoms. The molecule has 1 atom stereocenters. The number of nitrogens with zero attached hydrogens (tertiary/aromatic N) is 3. The van der Waals surface area contributed by atoms with Crippen molar-refractivity contribution >= 4 is 29.0 Å². The first kappa shape index (κ1) is 16.7. The molecule has 1 unspecified atom stereocenters. The van der Waals surface area contributed by atoms with Gasteiger partial charge in [-0.2, -0.15) is 0 Å². The average molecular weight is 359 g/mol. The van der Waals surface area contributed by atoms with E-state index in [4.69, 9.17) is 4.42 Å². The lowest BCUT2D eigenvalue weighted by Gasteiger charge is -2.20. The summed E-state index contributed by atoms with van der Waals surface area (Å²) in [5.74, 6) is 0.518. The van der Waals surface area contributed by atoms with Crippen LogP contribution in [0.5, 0.6) is 0 Å². The number of aromatic nitrogens is 2. The Bertz CT molecular complexity index is 787. The maximum absolute atomic E-state index is 12.5. The first-order chi connectivity index (χ1) is 11.6. The van der Waals surface area contributed by atoms with Crippen LogP contribution in [0.15, 0.2) is 57.5 Å². The molecular weight excluding hydrogens is 342 g/mol. The van der Waals surface area contributed by atoms with Crippen LogP contribution in [0.2, 0.25) is 0 Å². The van der Waals surface area contributed by atoms with Crippen LogP contribution < -0.4 is 0 Å². The van der Waals surface area contributed by atoms with E-state index in [-0.39, 0.29) is 11.2 Å². The zero-order valence-electron chi connectivity index (χ0n) is 13.4. The predicted octanol–water partition coefficient (Wildman–Crippen LogP) is 3.94. The van der Waals surface area contributed by atoms with Crippen LogP contribution in [-0.2, 0) is 11.3 Å². The van der Waals surface area contributed by atoms with Crippen molar-refractivity contribution in [1.82, 2.24) is 15.1 Å². The summed E-state index contributed by atoms with van der Waals surface area (Å²) in [6.45, 7) is 2.43. The lowest BCUT2D eigenvalue weighted by Crippen LogP contribution is -2.32. The number of thiophene rings is 1. The quantitative estimate of drug-likeness (QED) is 0.624. The molecule has 0 fully saturated rings. The Morgan fingerprint density at radius 1 is 1.25 bits per heavy atom. The van der Waals surface area contributed by atoms with E-state index in [1.165, 1.54) is 23.1 Å². The Kier molecular flexibility index (Phi) is 5.32. The normalized spacial score (nSPS) is 12.1. The second-order valence-corrected chi connectivity index (χ2v) is 7.53. The van der Waals surface area contributed by atoms with Gasteiger partial charge in [-0.1, -0.05) is 48.2 Å². The maximum atomic E-state index is 12.5. The third kappa shape index (κ3) is 4.04. The third-order valence-corrected chi connectivity index (χ3v) is 5.18. The van der Waals surface area contributed by atoms with Gasteiger partial charge in [-0.3, -0.25) is 4.79 Å². The van der Waals surface area contributed by atoms with Gasteiger partial charge in [-0.25, -0.2) is 0 Å². The summed E-state index contributed by atoms with van der Waals surface area (Å²) in [5, 5.41) is 10.1. The Hall–Kier alpha value is -2.12. The molecule has 2 aromatic heterocycles. The number of benzene rings is 1. The van der Waals surface area contributed by atoms with Gasteiger partial charge in [0.1, 0.15) is 0 Å². The van der Waals surface area contributed by atoms with Crippen molar-refractivity contribution in [2.45, 2.75) is 23.9 Å². The molecule has 1 amide bonds. The highest BCUT2D eigenvalue weighted by Gasteiger charge is 2.22. The molecule has 0 saturated heterocycles. The van der Waals surface area contributed by atoms with E-state index in [9.17, 15) is 4.79 Å². The van der Waals surface area contributed by atoms with Crippen molar-refractivity contribution in [3.05, 3.63) is 53.4 Å². The number of carbonyl (C=O) groups excluding carboxylic acids is 1. The van der Waals surface area contributed by atoms with E-state index < -0.39 is 0 Å². The molecule has 2 heterocycles. The second-order valence-electron chi connectivity index (χ2n) is 5.29. The van der Waals surface area contributed by atoms with E-state index in [1.54, 1.807) is 11.9 Å². The highest BCUT2D eigenvalue weighted by Crippen LogP contribution is 2.29. The molecule has 0 N–H and O–H groups in total. The van der Waals surface area contributed by atoms with Crippen molar-refractivity contribution < 1.29 is 9.21 Å². The third-order valence-electron chi connectivity index (χ3n) is 3.40. The number of carbonyl (C=O) groups is 1. The van der Waals surface area contributed by atoms with E-state index in [2.05, 4.69) is 10.2 Å². The second kappa shape index (κ2) is 7.63.